The lowest BCUT2D eigenvalue weighted by atomic mass is 10.1. The predicted molar refractivity (Wildman–Crippen MR) is 71.4 cm³/mol. The number of carbonyl (C=O) groups excluding carboxylic acids is 1. The molecule has 3 N–H and O–H groups in total. The van der Waals surface area contributed by atoms with Gasteiger partial charge in [0.05, 0.1) is 11.4 Å². The van der Waals surface area contributed by atoms with Crippen LogP contribution in [0.3, 0.4) is 0 Å². The number of hydrogen-bond acceptors (Lipinski definition) is 3. The summed E-state index contributed by atoms with van der Waals surface area (Å²) in [5.74, 6) is 0.795. The van der Waals surface area contributed by atoms with Crippen LogP contribution >= 0.6 is 0 Å². The van der Waals surface area contributed by atoms with Gasteiger partial charge in [-0.15, -0.1) is 0 Å². The second-order valence-corrected chi connectivity index (χ2v) is 5.55. The first-order chi connectivity index (χ1) is 8.43. The number of nitrogens with one attached hydrogen (secondary N) is 1. The van der Waals surface area contributed by atoms with Crippen molar-refractivity contribution in [2.45, 2.75) is 45.6 Å². The average Bonchev–Trinajstić information content (AvgIpc) is 3.09. The van der Waals surface area contributed by atoms with E-state index in [2.05, 4.69) is 17.1 Å². The number of nitrogens with two attached hydrogens (primary N) is 1. The molecule has 1 aromatic rings. The molecule has 1 aliphatic rings. The van der Waals surface area contributed by atoms with Crippen LogP contribution in [-0.2, 0) is 0 Å². The number of H-pyrrole nitrogens is 1. The zero-order valence-corrected chi connectivity index (χ0v) is 11.5. The zero-order valence-electron chi connectivity index (χ0n) is 11.5. The van der Waals surface area contributed by atoms with E-state index in [9.17, 15) is 4.79 Å². The minimum atomic E-state index is -0.0879. The van der Waals surface area contributed by atoms with Gasteiger partial charge in [0.15, 0.2) is 5.69 Å². The topological polar surface area (TPSA) is 75.0 Å². The largest absolute Gasteiger partial charge is 0.395 e. The summed E-state index contributed by atoms with van der Waals surface area (Å²) in [6, 6.07) is 0.260. The standard InChI is InChI=1S/C13H22N4O/c1-7(2)11-10(14)12(16-15-11)13(18)17(4)8(3)9-5-6-9/h7-9H,5-6,14H2,1-4H3,(H,15,16). The van der Waals surface area contributed by atoms with Crippen molar-refractivity contribution < 1.29 is 4.79 Å². The van der Waals surface area contributed by atoms with Crippen molar-refractivity contribution in [3.63, 3.8) is 0 Å². The van der Waals surface area contributed by atoms with E-state index >= 15 is 0 Å². The molecule has 0 saturated heterocycles. The minimum absolute atomic E-state index is 0.0879. The number of rotatable bonds is 4. The number of nitrogen functional groups attached to an aromatic ring is 1. The predicted octanol–water partition coefficient (Wildman–Crippen LogP) is 1.99. The van der Waals surface area contributed by atoms with Gasteiger partial charge in [0.2, 0.25) is 0 Å². The van der Waals surface area contributed by atoms with E-state index in [1.807, 2.05) is 20.9 Å². The maximum Gasteiger partial charge on any atom is 0.276 e. The molecule has 5 nitrogen and oxygen atoms in total. The molecule has 0 aliphatic heterocycles. The third kappa shape index (κ3) is 2.21. The second-order valence-electron chi connectivity index (χ2n) is 5.55. The fourth-order valence-electron chi connectivity index (χ4n) is 2.21. The maximum absolute atomic E-state index is 12.3. The summed E-state index contributed by atoms with van der Waals surface area (Å²) in [6.45, 7) is 6.13. The highest BCUT2D eigenvalue weighted by Crippen LogP contribution is 2.35. The van der Waals surface area contributed by atoms with Gasteiger partial charge < -0.3 is 10.6 Å². The highest BCUT2D eigenvalue weighted by atomic mass is 16.2. The van der Waals surface area contributed by atoms with Crippen molar-refractivity contribution >= 4 is 11.6 Å². The molecule has 0 bridgehead atoms. The molecule has 1 aromatic heterocycles. The molecule has 0 aromatic carbocycles. The fraction of sp³-hybridized carbons (Fsp3) is 0.692. The number of aromatic nitrogens is 2. The number of nitrogens with zero attached hydrogens (tertiary/aromatic N) is 2. The molecule has 0 radical (unpaired) electrons. The Morgan fingerprint density at radius 3 is 2.50 bits per heavy atom. The second kappa shape index (κ2) is 4.63. The van der Waals surface area contributed by atoms with Gasteiger partial charge in [0, 0.05) is 13.1 Å². The molecule has 5 heteroatoms. The van der Waals surface area contributed by atoms with Crippen LogP contribution in [-0.4, -0.2) is 34.1 Å². The summed E-state index contributed by atoms with van der Waals surface area (Å²) < 4.78 is 0. The fourth-order valence-corrected chi connectivity index (χ4v) is 2.21. The number of aromatic amines is 1. The molecule has 1 heterocycles. The Kier molecular flexibility index (Phi) is 3.32. The molecule has 1 fully saturated rings. The van der Waals surface area contributed by atoms with Crippen molar-refractivity contribution in [2.24, 2.45) is 5.92 Å². The molecule has 2 rings (SSSR count). The Labute approximate surface area is 108 Å². The van der Waals surface area contributed by atoms with Gasteiger partial charge >= 0.3 is 0 Å². The molecule has 1 unspecified atom stereocenters. The van der Waals surface area contributed by atoms with Crippen LogP contribution in [0.15, 0.2) is 0 Å². The number of anilines is 1. The molecule has 100 valence electrons. The normalized spacial score (nSPS) is 16.9. The lowest BCUT2D eigenvalue weighted by Gasteiger charge is -2.24. The van der Waals surface area contributed by atoms with Crippen molar-refractivity contribution in [3.05, 3.63) is 11.4 Å². The van der Waals surface area contributed by atoms with Gasteiger partial charge in [-0.2, -0.15) is 5.10 Å². The van der Waals surface area contributed by atoms with Crippen molar-refractivity contribution in [1.82, 2.24) is 15.1 Å². The number of hydrogen-bond donors (Lipinski definition) is 2. The first-order valence-corrected chi connectivity index (χ1v) is 6.54. The number of amides is 1. The number of carbonyl (C=O) groups is 1. The highest BCUT2D eigenvalue weighted by molar-refractivity contribution is 5.97. The van der Waals surface area contributed by atoms with Crippen LogP contribution < -0.4 is 5.73 Å². The summed E-state index contributed by atoms with van der Waals surface area (Å²) >= 11 is 0. The summed E-state index contributed by atoms with van der Waals surface area (Å²) in [4.78, 5) is 14.1. The molecule has 1 atom stereocenters. The first-order valence-electron chi connectivity index (χ1n) is 6.54. The smallest absolute Gasteiger partial charge is 0.276 e. The molecule has 1 aliphatic carbocycles. The van der Waals surface area contributed by atoms with Crippen molar-refractivity contribution in [3.8, 4) is 0 Å². The van der Waals surface area contributed by atoms with E-state index in [1.54, 1.807) is 4.90 Å². The summed E-state index contributed by atoms with van der Waals surface area (Å²) in [7, 11) is 1.83. The average molecular weight is 250 g/mol. The minimum Gasteiger partial charge on any atom is -0.395 e. The third-order valence-corrected chi connectivity index (χ3v) is 3.85. The van der Waals surface area contributed by atoms with Crippen LogP contribution in [0.2, 0.25) is 0 Å². The SMILES string of the molecule is CC(C)c1[nH]nc(C(=O)N(C)C(C)C2CC2)c1N. The van der Waals surface area contributed by atoms with Gasteiger partial charge in [-0.1, -0.05) is 13.8 Å². The molecular weight excluding hydrogens is 228 g/mol. The van der Waals surface area contributed by atoms with E-state index in [-0.39, 0.29) is 17.9 Å². The summed E-state index contributed by atoms with van der Waals surface area (Å²) in [6.07, 6.45) is 2.43. The first kappa shape index (κ1) is 12.9. The van der Waals surface area contributed by atoms with Crippen LogP contribution in [0, 0.1) is 5.92 Å². The quantitative estimate of drug-likeness (QED) is 0.858. The Bertz CT molecular complexity index is 448. The Hall–Kier alpha value is -1.52. The maximum atomic E-state index is 12.3. The zero-order chi connectivity index (χ0) is 13.4. The van der Waals surface area contributed by atoms with Crippen LogP contribution in [0.4, 0.5) is 5.69 Å². The summed E-state index contributed by atoms with van der Waals surface area (Å²) in [5, 5.41) is 6.95. The molecule has 0 spiro atoms. The monoisotopic (exact) mass is 250 g/mol. The van der Waals surface area contributed by atoms with Gasteiger partial charge in [0.25, 0.3) is 5.91 Å². The van der Waals surface area contributed by atoms with Crippen LogP contribution in [0.5, 0.6) is 0 Å². The summed E-state index contributed by atoms with van der Waals surface area (Å²) in [5.41, 5.74) is 7.68. The Morgan fingerprint density at radius 2 is 2.06 bits per heavy atom. The van der Waals surface area contributed by atoms with Crippen LogP contribution in [0.1, 0.15) is 55.7 Å². The van der Waals surface area contributed by atoms with Crippen molar-refractivity contribution in [1.29, 1.82) is 0 Å². The molecule has 1 amide bonds. The van der Waals surface area contributed by atoms with E-state index < -0.39 is 0 Å². The Morgan fingerprint density at radius 1 is 1.44 bits per heavy atom. The molecule has 1 saturated carbocycles. The molecule has 18 heavy (non-hydrogen) atoms. The van der Waals surface area contributed by atoms with Crippen LogP contribution in [0.25, 0.3) is 0 Å². The van der Waals surface area contributed by atoms with E-state index in [0.717, 1.165) is 5.69 Å². The lowest BCUT2D eigenvalue weighted by Crippen LogP contribution is -2.37. The third-order valence-electron chi connectivity index (χ3n) is 3.85. The molecular formula is C13H22N4O. The van der Waals surface area contributed by atoms with E-state index in [1.165, 1.54) is 12.8 Å². The van der Waals surface area contributed by atoms with E-state index in [4.69, 9.17) is 5.73 Å². The van der Waals surface area contributed by atoms with Crippen molar-refractivity contribution in [2.75, 3.05) is 12.8 Å². The van der Waals surface area contributed by atoms with E-state index in [0.29, 0.717) is 17.3 Å². The van der Waals surface area contributed by atoms with Gasteiger partial charge in [-0.3, -0.25) is 9.89 Å². The lowest BCUT2D eigenvalue weighted by molar-refractivity contribution is 0.0722. The van der Waals surface area contributed by atoms with Gasteiger partial charge in [0.1, 0.15) is 0 Å². The Balaban J connectivity index is 2.17. The highest BCUT2D eigenvalue weighted by Gasteiger charge is 2.34. The van der Waals surface area contributed by atoms with Gasteiger partial charge in [-0.05, 0) is 31.6 Å². The van der Waals surface area contributed by atoms with Gasteiger partial charge in [-0.25, -0.2) is 0 Å².